The maximum absolute atomic E-state index is 10.9. The summed E-state index contributed by atoms with van der Waals surface area (Å²) in [5, 5.41) is 7.38. The number of nitrogens with one attached hydrogen (secondary N) is 1. The molecule has 0 amide bonds. The van der Waals surface area contributed by atoms with Crippen molar-refractivity contribution in [2.45, 2.75) is 32.7 Å². The van der Waals surface area contributed by atoms with Crippen LogP contribution < -0.4 is 0 Å². The van der Waals surface area contributed by atoms with Crippen molar-refractivity contribution < 1.29 is 4.79 Å². The second kappa shape index (κ2) is 4.14. The van der Waals surface area contributed by atoms with E-state index in [0.29, 0.717) is 6.42 Å². The molecule has 15 heavy (non-hydrogen) atoms. The minimum absolute atomic E-state index is 0.232. The molecule has 0 saturated heterocycles. The number of rotatable bonds is 3. The van der Waals surface area contributed by atoms with Gasteiger partial charge >= 0.3 is 0 Å². The summed E-state index contributed by atoms with van der Waals surface area (Å²) in [5.74, 6) is 0.232. The average Bonchev–Trinajstić information content (AvgIpc) is 2.57. The second-order valence-corrected chi connectivity index (χ2v) is 4.32. The summed E-state index contributed by atoms with van der Waals surface area (Å²) >= 11 is 0. The lowest BCUT2D eigenvalue weighted by atomic mass is 10.0. The fourth-order valence-electron chi connectivity index (χ4n) is 1.99. The number of nitrogens with zero attached hydrogens (tertiary/aromatic N) is 2. The van der Waals surface area contributed by atoms with E-state index < -0.39 is 0 Å². The van der Waals surface area contributed by atoms with Gasteiger partial charge in [0.1, 0.15) is 5.78 Å². The van der Waals surface area contributed by atoms with Crippen LogP contribution in [0.2, 0.25) is 0 Å². The molecular weight excluding hydrogens is 190 g/mol. The minimum Gasteiger partial charge on any atom is -0.302 e. The van der Waals surface area contributed by atoms with Crippen molar-refractivity contribution in [2.24, 2.45) is 0 Å². The van der Waals surface area contributed by atoms with Crippen molar-refractivity contribution in [1.29, 1.82) is 0 Å². The molecule has 1 aromatic heterocycles. The van der Waals surface area contributed by atoms with E-state index >= 15 is 0 Å². The van der Waals surface area contributed by atoms with E-state index in [0.717, 1.165) is 31.6 Å². The Kier molecular flexibility index (Phi) is 2.86. The normalized spacial score (nSPS) is 16.4. The molecule has 0 bridgehead atoms. The third kappa shape index (κ3) is 2.26. The first-order valence-electron chi connectivity index (χ1n) is 5.40. The Balaban J connectivity index is 2.12. The van der Waals surface area contributed by atoms with E-state index in [2.05, 4.69) is 22.1 Å². The van der Waals surface area contributed by atoms with E-state index in [1.807, 2.05) is 0 Å². The monoisotopic (exact) mass is 207 g/mol. The summed E-state index contributed by atoms with van der Waals surface area (Å²) in [6, 6.07) is 0. The molecule has 0 spiro atoms. The van der Waals surface area contributed by atoms with E-state index in [1.165, 1.54) is 11.3 Å². The third-order valence-corrected chi connectivity index (χ3v) is 2.92. The molecule has 0 saturated carbocycles. The summed E-state index contributed by atoms with van der Waals surface area (Å²) < 4.78 is 0. The number of H-pyrrole nitrogens is 1. The summed E-state index contributed by atoms with van der Waals surface area (Å²) in [7, 11) is 2.12. The molecule has 0 radical (unpaired) electrons. The van der Waals surface area contributed by atoms with Crippen LogP contribution in [-0.4, -0.2) is 34.5 Å². The predicted octanol–water partition coefficient (Wildman–Crippen LogP) is 0.919. The first-order chi connectivity index (χ1) is 7.16. The topological polar surface area (TPSA) is 49.0 Å². The van der Waals surface area contributed by atoms with Gasteiger partial charge in [0.05, 0.1) is 5.69 Å². The lowest BCUT2D eigenvalue weighted by Gasteiger charge is -2.22. The molecule has 4 heteroatoms. The van der Waals surface area contributed by atoms with Gasteiger partial charge in [-0.05, 0) is 20.4 Å². The molecule has 1 aromatic rings. The van der Waals surface area contributed by atoms with Gasteiger partial charge in [0.25, 0.3) is 0 Å². The van der Waals surface area contributed by atoms with Crippen molar-refractivity contribution in [3.05, 3.63) is 17.0 Å². The first-order valence-corrected chi connectivity index (χ1v) is 5.40. The van der Waals surface area contributed by atoms with Crippen molar-refractivity contribution in [1.82, 2.24) is 15.1 Å². The number of carbonyl (C=O) groups excluding carboxylic acids is 1. The fourth-order valence-corrected chi connectivity index (χ4v) is 1.99. The maximum atomic E-state index is 10.9. The smallest absolute Gasteiger partial charge is 0.130 e. The number of Topliss-reactive ketones (excluding diaryl/α,β-unsaturated/α-hetero) is 1. The number of ketones is 1. The number of hydrogen-bond donors (Lipinski definition) is 1. The molecule has 2 heterocycles. The lowest BCUT2D eigenvalue weighted by molar-refractivity contribution is -0.116. The Hall–Kier alpha value is -1.16. The minimum atomic E-state index is 0.232. The number of aromatic nitrogens is 2. The Morgan fingerprint density at radius 1 is 1.60 bits per heavy atom. The highest BCUT2D eigenvalue weighted by Gasteiger charge is 2.19. The average molecular weight is 207 g/mol. The zero-order valence-corrected chi connectivity index (χ0v) is 9.34. The molecule has 2 rings (SSSR count). The Morgan fingerprint density at radius 2 is 2.40 bits per heavy atom. The van der Waals surface area contributed by atoms with E-state index in [4.69, 9.17) is 0 Å². The van der Waals surface area contributed by atoms with Crippen LogP contribution in [0.15, 0.2) is 0 Å². The van der Waals surface area contributed by atoms with Crippen LogP contribution in [0, 0.1) is 0 Å². The van der Waals surface area contributed by atoms with Gasteiger partial charge < -0.3 is 9.69 Å². The third-order valence-electron chi connectivity index (χ3n) is 2.92. The van der Waals surface area contributed by atoms with E-state index in [1.54, 1.807) is 6.92 Å². The van der Waals surface area contributed by atoms with Gasteiger partial charge in [-0.2, -0.15) is 5.10 Å². The number of fused-ring (bicyclic) bond motifs is 1. The van der Waals surface area contributed by atoms with Gasteiger partial charge in [-0.1, -0.05) is 0 Å². The summed E-state index contributed by atoms with van der Waals surface area (Å²) in [4.78, 5) is 13.2. The molecule has 0 aromatic carbocycles. The van der Waals surface area contributed by atoms with Crippen LogP contribution in [0.3, 0.4) is 0 Å². The molecule has 1 N–H and O–H groups in total. The SMILES string of the molecule is CC(=O)CCc1n[nH]c2c1CN(C)CC2. The number of likely N-dealkylation sites (N-methyl/N-ethyl adjacent to an activating group) is 1. The molecule has 0 unspecified atom stereocenters. The van der Waals surface area contributed by atoms with Gasteiger partial charge in [-0.3, -0.25) is 5.10 Å². The molecule has 82 valence electrons. The highest BCUT2D eigenvalue weighted by Crippen LogP contribution is 2.20. The molecule has 1 aliphatic heterocycles. The van der Waals surface area contributed by atoms with Crippen LogP contribution in [-0.2, 0) is 24.2 Å². The number of hydrogen-bond acceptors (Lipinski definition) is 3. The molecule has 1 aliphatic rings. The maximum Gasteiger partial charge on any atom is 0.130 e. The lowest BCUT2D eigenvalue weighted by Crippen LogP contribution is -2.26. The fraction of sp³-hybridized carbons (Fsp3) is 0.636. The Morgan fingerprint density at radius 3 is 3.13 bits per heavy atom. The van der Waals surface area contributed by atoms with Gasteiger partial charge in [0.15, 0.2) is 0 Å². The van der Waals surface area contributed by atoms with Crippen molar-refractivity contribution >= 4 is 5.78 Å². The molecule has 0 fully saturated rings. The number of aromatic amines is 1. The predicted molar refractivity (Wildman–Crippen MR) is 57.6 cm³/mol. The largest absolute Gasteiger partial charge is 0.302 e. The van der Waals surface area contributed by atoms with E-state index in [9.17, 15) is 4.79 Å². The quantitative estimate of drug-likeness (QED) is 0.801. The first kappa shape index (κ1) is 10.4. The van der Waals surface area contributed by atoms with Crippen molar-refractivity contribution in [3.8, 4) is 0 Å². The van der Waals surface area contributed by atoms with Crippen molar-refractivity contribution in [3.63, 3.8) is 0 Å². The van der Waals surface area contributed by atoms with Crippen LogP contribution in [0.1, 0.15) is 30.3 Å². The van der Waals surface area contributed by atoms with Crippen LogP contribution in [0.4, 0.5) is 0 Å². The highest BCUT2D eigenvalue weighted by molar-refractivity contribution is 5.75. The zero-order valence-electron chi connectivity index (χ0n) is 9.34. The van der Waals surface area contributed by atoms with E-state index in [-0.39, 0.29) is 5.78 Å². The summed E-state index contributed by atoms with van der Waals surface area (Å²) in [6.45, 7) is 3.67. The molecular formula is C11H17N3O. The van der Waals surface area contributed by atoms with Crippen molar-refractivity contribution in [2.75, 3.05) is 13.6 Å². The zero-order chi connectivity index (χ0) is 10.8. The molecule has 4 nitrogen and oxygen atoms in total. The van der Waals surface area contributed by atoms with Crippen LogP contribution in [0.25, 0.3) is 0 Å². The van der Waals surface area contributed by atoms with Crippen LogP contribution >= 0.6 is 0 Å². The van der Waals surface area contributed by atoms with Gasteiger partial charge in [0, 0.05) is 37.2 Å². The van der Waals surface area contributed by atoms with Gasteiger partial charge in [-0.25, -0.2) is 0 Å². The molecule has 0 atom stereocenters. The number of aryl methyl sites for hydroxylation is 1. The van der Waals surface area contributed by atoms with Gasteiger partial charge in [0.2, 0.25) is 0 Å². The van der Waals surface area contributed by atoms with Gasteiger partial charge in [-0.15, -0.1) is 0 Å². The summed E-state index contributed by atoms with van der Waals surface area (Å²) in [5.41, 5.74) is 3.64. The second-order valence-electron chi connectivity index (χ2n) is 4.32. The van der Waals surface area contributed by atoms with Crippen LogP contribution in [0.5, 0.6) is 0 Å². The highest BCUT2D eigenvalue weighted by atomic mass is 16.1. The standard InChI is InChI=1S/C11H17N3O/c1-8(15)3-4-10-9-7-14(2)6-5-11(9)13-12-10/h3-7H2,1-2H3,(H,12,13). The number of carbonyl (C=O) groups is 1. The summed E-state index contributed by atoms with van der Waals surface area (Å²) in [6.07, 6.45) is 2.41. The Bertz CT molecular complexity index is 370. The molecule has 0 aliphatic carbocycles. The Labute approximate surface area is 89.7 Å².